The summed E-state index contributed by atoms with van der Waals surface area (Å²) >= 11 is 0. The lowest BCUT2D eigenvalue weighted by molar-refractivity contribution is -0.129. The van der Waals surface area contributed by atoms with Gasteiger partial charge in [-0.05, 0) is 31.6 Å². The second-order valence-corrected chi connectivity index (χ2v) is 5.46. The normalized spacial score (nSPS) is 34.6. The van der Waals surface area contributed by atoms with E-state index in [0.29, 0.717) is 24.4 Å². The van der Waals surface area contributed by atoms with Gasteiger partial charge in [0.1, 0.15) is 0 Å². The van der Waals surface area contributed by atoms with Gasteiger partial charge in [0.15, 0.2) is 0 Å². The molecule has 0 aromatic rings. The van der Waals surface area contributed by atoms with Crippen LogP contribution in [0.2, 0.25) is 0 Å². The predicted octanol–water partition coefficient (Wildman–Crippen LogP) is 1.78. The first-order valence-corrected chi connectivity index (χ1v) is 6.73. The first kappa shape index (κ1) is 11.9. The van der Waals surface area contributed by atoms with Crippen molar-refractivity contribution in [3.63, 3.8) is 0 Å². The first-order valence-electron chi connectivity index (χ1n) is 6.73. The van der Waals surface area contributed by atoms with E-state index in [-0.39, 0.29) is 0 Å². The largest absolute Gasteiger partial charge is 0.341 e. The quantitative estimate of drug-likeness (QED) is 0.792. The van der Waals surface area contributed by atoms with Gasteiger partial charge in [-0.1, -0.05) is 13.8 Å². The summed E-state index contributed by atoms with van der Waals surface area (Å²) in [5, 5.41) is 3.72. The second kappa shape index (κ2) is 5.17. The Balaban J connectivity index is 1.74. The number of likely N-dealkylation sites (tertiary alicyclic amines) is 1. The molecule has 3 heteroatoms. The molecule has 92 valence electrons. The molecule has 1 N–H and O–H groups in total. The van der Waals surface area contributed by atoms with Crippen LogP contribution in [0.25, 0.3) is 0 Å². The highest BCUT2D eigenvalue weighted by Crippen LogP contribution is 2.25. The van der Waals surface area contributed by atoms with Gasteiger partial charge in [0, 0.05) is 31.6 Å². The molecule has 2 aliphatic rings. The minimum Gasteiger partial charge on any atom is -0.341 e. The molecule has 1 saturated carbocycles. The fraction of sp³-hybridized carbons (Fsp3) is 0.923. The molecule has 1 aliphatic carbocycles. The molecule has 3 nitrogen and oxygen atoms in total. The maximum absolute atomic E-state index is 11.5. The average molecular weight is 224 g/mol. The van der Waals surface area contributed by atoms with Gasteiger partial charge >= 0.3 is 0 Å². The molecule has 16 heavy (non-hydrogen) atoms. The highest BCUT2D eigenvalue weighted by atomic mass is 16.2. The van der Waals surface area contributed by atoms with Crippen molar-refractivity contribution in [2.45, 2.75) is 58.0 Å². The van der Waals surface area contributed by atoms with Crippen molar-refractivity contribution in [1.82, 2.24) is 10.2 Å². The van der Waals surface area contributed by atoms with Gasteiger partial charge < -0.3 is 10.2 Å². The standard InChI is InChI=1S/C13H24N2O/c1-3-13(16)15-7-6-12(9-15)14-11-5-4-10(2)8-11/h10-12,14H,3-9H2,1-2H3. The summed E-state index contributed by atoms with van der Waals surface area (Å²) in [5.41, 5.74) is 0. The Labute approximate surface area is 98.6 Å². The van der Waals surface area contributed by atoms with Gasteiger partial charge in [-0.2, -0.15) is 0 Å². The summed E-state index contributed by atoms with van der Waals surface area (Å²) in [4.78, 5) is 13.6. The van der Waals surface area contributed by atoms with Crippen LogP contribution in [0.3, 0.4) is 0 Å². The molecule has 0 aromatic carbocycles. The van der Waals surface area contributed by atoms with E-state index in [1.54, 1.807) is 0 Å². The molecule has 3 unspecified atom stereocenters. The van der Waals surface area contributed by atoms with E-state index in [2.05, 4.69) is 12.2 Å². The Morgan fingerprint density at radius 2 is 2.12 bits per heavy atom. The highest BCUT2D eigenvalue weighted by molar-refractivity contribution is 5.76. The molecule has 3 atom stereocenters. The molecular formula is C13H24N2O. The van der Waals surface area contributed by atoms with Crippen LogP contribution in [0, 0.1) is 5.92 Å². The molecule has 2 fully saturated rings. The summed E-state index contributed by atoms with van der Waals surface area (Å²) in [5.74, 6) is 1.19. The van der Waals surface area contributed by atoms with Gasteiger partial charge in [0.25, 0.3) is 0 Å². The third kappa shape index (κ3) is 2.76. The van der Waals surface area contributed by atoms with Gasteiger partial charge in [-0.3, -0.25) is 4.79 Å². The van der Waals surface area contributed by atoms with Gasteiger partial charge in [-0.25, -0.2) is 0 Å². The molecule has 0 aromatic heterocycles. The maximum Gasteiger partial charge on any atom is 0.222 e. The number of hydrogen-bond acceptors (Lipinski definition) is 2. The Bertz CT molecular complexity index is 254. The van der Waals surface area contributed by atoms with Crippen molar-refractivity contribution < 1.29 is 4.79 Å². The number of amides is 1. The fourth-order valence-electron chi connectivity index (χ4n) is 3.04. The van der Waals surface area contributed by atoms with E-state index in [1.807, 2.05) is 11.8 Å². The van der Waals surface area contributed by atoms with E-state index in [0.717, 1.165) is 25.4 Å². The van der Waals surface area contributed by atoms with Gasteiger partial charge in [-0.15, -0.1) is 0 Å². The molecule has 1 aliphatic heterocycles. The summed E-state index contributed by atoms with van der Waals surface area (Å²) in [7, 11) is 0. The number of nitrogens with zero attached hydrogens (tertiary/aromatic N) is 1. The first-order chi connectivity index (χ1) is 7.69. The van der Waals surface area contributed by atoms with Crippen LogP contribution in [0.5, 0.6) is 0 Å². The zero-order valence-electron chi connectivity index (χ0n) is 10.5. The van der Waals surface area contributed by atoms with E-state index in [9.17, 15) is 4.79 Å². The third-order valence-corrected chi connectivity index (χ3v) is 4.01. The molecule has 0 spiro atoms. The number of nitrogens with one attached hydrogen (secondary N) is 1. The minimum atomic E-state index is 0.309. The number of rotatable bonds is 3. The van der Waals surface area contributed by atoms with Crippen LogP contribution in [0.15, 0.2) is 0 Å². The van der Waals surface area contributed by atoms with Crippen LogP contribution in [-0.2, 0) is 4.79 Å². The number of carbonyl (C=O) groups excluding carboxylic acids is 1. The van der Waals surface area contributed by atoms with Crippen LogP contribution in [0.4, 0.5) is 0 Å². The Hall–Kier alpha value is -0.570. The Morgan fingerprint density at radius 3 is 2.75 bits per heavy atom. The Kier molecular flexibility index (Phi) is 3.85. The SMILES string of the molecule is CCC(=O)N1CCC(NC2CCC(C)C2)C1. The number of hydrogen-bond donors (Lipinski definition) is 1. The molecule has 0 radical (unpaired) electrons. The van der Waals surface area contributed by atoms with Crippen LogP contribution >= 0.6 is 0 Å². The second-order valence-electron chi connectivity index (χ2n) is 5.46. The maximum atomic E-state index is 11.5. The van der Waals surface area contributed by atoms with Crippen LogP contribution < -0.4 is 5.32 Å². The molecule has 1 amide bonds. The molecule has 0 bridgehead atoms. The summed E-state index contributed by atoms with van der Waals surface area (Å²) in [6.45, 7) is 6.16. The van der Waals surface area contributed by atoms with E-state index in [4.69, 9.17) is 0 Å². The van der Waals surface area contributed by atoms with Crippen molar-refractivity contribution in [2.24, 2.45) is 5.92 Å². The van der Waals surface area contributed by atoms with Gasteiger partial charge in [0.05, 0.1) is 0 Å². The predicted molar refractivity (Wildman–Crippen MR) is 65.2 cm³/mol. The average Bonchev–Trinajstić information content (AvgIpc) is 2.87. The van der Waals surface area contributed by atoms with Crippen molar-refractivity contribution in [1.29, 1.82) is 0 Å². The third-order valence-electron chi connectivity index (χ3n) is 4.01. The molecular weight excluding hydrogens is 200 g/mol. The summed E-state index contributed by atoms with van der Waals surface area (Å²) in [6.07, 6.45) is 5.78. The van der Waals surface area contributed by atoms with E-state index in [1.165, 1.54) is 19.3 Å². The fourth-order valence-corrected chi connectivity index (χ4v) is 3.04. The zero-order valence-corrected chi connectivity index (χ0v) is 10.5. The topological polar surface area (TPSA) is 32.3 Å². The summed E-state index contributed by atoms with van der Waals surface area (Å²) < 4.78 is 0. The lowest BCUT2D eigenvalue weighted by atomic mass is 10.1. The Morgan fingerprint density at radius 1 is 1.31 bits per heavy atom. The van der Waals surface area contributed by atoms with E-state index >= 15 is 0 Å². The van der Waals surface area contributed by atoms with Crippen molar-refractivity contribution >= 4 is 5.91 Å². The summed E-state index contributed by atoms with van der Waals surface area (Å²) in [6, 6.07) is 1.25. The smallest absolute Gasteiger partial charge is 0.222 e. The highest BCUT2D eigenvalue weighted by Gasteiger charge is 2.29. The van der Waals surface area contributed by atoms with Crippen molar-refractivity contribution in [2.75, 3.05) is 13.1 Å². The van der Waals surface area contributed by atoms with Crippen LogP contribution in [0.1, 0.15) is 46.0 Å². The molecule has 2 rings (SSSR count). The van der Waals surface area contributed by atoms with Crippen LogP contribution in [-0.4, -0.2) is 36.0 Å². The van der Waals surface area contributed by atoms with Gasteiger partial charge in [0.2, 0.25) is 5.91 Å². The van der Waals surface area contributed by atoms with Crippen molar-refractivity contribution in [3.8, 4) is 0 Å². The van der Waals surface area contributed by atoms with E-state index < -0.39 is 0 Å². The molecule has 1 heterocycles. The molecule has 1 saturated heterocycles. The minimum absolute atomic E-state index is 0.309. The lowest BCUT2D eigenvalue weighted by Gasteiger charge is -2.20. The van der Waals surface area contributed by atoms with Crippen molar-refractivity contribution in [3.05, 3.63) is 0 Å². The monoisotopic (exact) mass is 224 g/mol. The zero-order chi connectivity index (χ0) is 11.5. The number of carbonyl (C=O) groups is 1. The lowest BCUT2D eigenvalue weighted by Crippen LogP contribution is -2.39.